The van der Waals surface area contributed by atoms with Crippen molar-refractivity contribution in [2.75, 3.05) is 17.4 Å². The highest BCUT2D eigenvalue weighted by Crippen LogP contribution is 2.27. The number of nitrogens with zero attached hydrogens (tertiary/aromatic N) is 4. The lowest BCUT2D eigenvalue weighted by molar-refractivity contribution is -0.384. The molecule has 0 radical (unpaired) electrons. The minimum absolute atomic E-state index is 0.124. The minimum Gasteiger partial charge on any atom is -0.351 e. The molecule has 19 heavy (non-hydrogen) atoms. The van der Waals surface area contributed by atoms with Crippen LogP contribution in [0.2, 0.25) is 0 Å². The van der Waals surface area contributed by atoms with E-state index in [0.717, 1.165) is 12.6 Å². The minimum atomic E-state index is -0.492. The molecule has 1 heterocycles. The molecule has 0 aliphatic heterocycles. The first-order chi connectivity index (χ1) is 8.86. The van der Waals surface area contributed by atoms with Crippen LogP contribution in [-0.2, 0) is 0 Å². The molecule has 0 fully saturated rings. The van der Waals surface area contributed by atoms with Crippen molar-refractivity contribution in [2.45, 2.75) is 33.2 Å². The van der Waals surface area contributed by atoms with E-state index in [1.807, 2.05) is 6.92 Å². The summed E-state index contributed by atoms with van der Waals surface area (Å²) in [6.45, 7) is 6.21. The van der Waals surface area contributed by atoms with E-state index in [4.69, 9.17) is 5.84 Å². The van der Waals surface area contributed by atoms with Crippen molar-refractivity contribution in [1.29, 1.82) is 0 Å². The summed E-state index contributed by atoms with van der Waals surface area (Å²) in [6, 6.07) is 0.124. The van der Waals surface area contributed by atoms with E-state index in [-0.39, 0.29) is 23.5 Å². The van der Waals surface area contributed by atoms with Crippen LogP contribution < -0.4 is 16.2 Å². The van der Waals surface area contributed by atoms with Crippen LogP contribution in [0.1, 0.15) is 27.2 Å². The Labute approximate surface area is 112 Å². The lowest BCUT2D eigenvalue weighted by Gasteiger charge is -2.26. The topological polar surface area (TPSA) is 110 Å². The summed E-state index contributed by atoms with van der Waals surface area (Å²) in [4.78, 5) is 20.1. The van der Waals surface area contributed by atoms with Crippen LogP contribution >= 0.6 is 0 Å². The second-order valence-corrected chi connectivity index (χ2v) is 4.89. The van der Waals surface area contributed by atoms with Gasteiger partial charge in [0.1, 0.15) is 6.20 Å². The largest absolute Gasteiger partial charge is 0.351 e. The molecule has 0 aliphatic rings. The first-order valence-electron chi connectivity index (χ1n) is 6.07. The average Bonchev–Trinajstić information content (AvgIpc) is 2.36. The first-order valence-corrected chi connectivity index (χ1v) is 6.07. The van der Waals surface area contributed by atoms with Gasteiger partial charge in [0.05, 0.1) is 4.92 Å². The fourth-order valence-corrected chi connectivity index (χ4v) is 1.87. The molecule has 1 atom stereocenters. The summed E-state index contributed by atoms with van der Waals surface area (Å²) in [5.74, 6) is 6.15. The normalized spacial score (nSPS) is 12.3. The van der Waals surface area contributed by atoms with E-state index in [1.54, 1.807) is 11.9 Å². The molecule has 1 aromatic rings. The van der Waals surface area contributed by atoms with Gasteiger partial charge in [0.25, 0.3) is 0 Å². The maximum absolute atomic E-state index is 11.0. The number of nitro groups is 1. The third-order valence-electron chi connectivity index (χ3n) is 2.88. The summed E-state index contributed by atoms with van der Waals surface area (Å²) < 4.78 is 0. The number of nitrogens with two attached hydrogens (primary N) is 1. The summed E-state index contributed by atoms with van der Waals surface area (Å²) >= 11 is 0. The van der Waals surface area contributed by atoms with Gasteiger partial charge in [0.2, 0.25) is 11.8 Å². The second kappa shape index (κ2) is 6.28. The van der Waals surface area contributed by atoms with Crippen LogP contribution in [0, 0.1) is 16.0 Å². The molecule has 0 spiro atoms. The number of aromatic nitrogens is 2. The molecule has 3 N–H and O–H groups in total. The number of nitrogens with one attached hydrogen (secondary N) is 1. The van der Waals surface area contributed by atoms with Crippen LogP contribution in [0.15, 0.2) is 6.20 Å². The molecule has 0 aromatic carbocycles. The quantitative estimate of drug-likeness (QED) is 0.457. The average molecular weight is 268 g/mol. The molecule has 1 unspecified atom stereocenters. The first kappa shape index (κ1) is 15.1. The molecule has 106 valence electrons. The summed E-state index contributed by atoms with van der Waals surface area (Å²) in [5.41, 5.74) is 2.17. The van der Waals surface area contributed by atoms with E-state index in [1.165, 1.54) is 0 Å². The monoisotopic (exact) mass is 268 g/mol. The number of anilines is 2. The molecular weight excluding hydrogens is 248 g/mol. The lowest BCUT2D eigenvalue weighted by atomic mass is 10.0. The van der Waals surface area contributed by atoms with E-state index < -0.39 is 4.92 Å². The van der Waals surface area contributed by atoms with Crippen molar-refractivity contribution in [2.24, 2.45) is 11.8 Å². The van der Waals surface area contributed by atoms with E-state index >= 15 is 0 Å². The number of rotatable bonds is 6. The van der Waals surface area contributed by atoms with Crippen molar-refractivity contribution in [1.82, 2.24) is 9.97 Å². The molecule has 0 saturated heterocycles. The third kappa shape index (κ3) is 3.75. The van der Waals surface area contributed by atoms with Gasteiger partial charge in [-0.25, -0.2) is 10.8 Å². The van der Waals surface area contributed by atoms with Gasteiger partial charge in [-0.1, -0.05) is 13.8 Å². The number of hydrogen-bond acceptors (Lipinski definition) is 7. The highest BCUT2D eigenvalue weighted by atomic mass is 16.6. The summed E-state index contributed by atoms with van der Waals surface area (Å²) in [6.07, 6.45) is 2.07. The molecular formula is C11H20N6O2. The highest BCUT2D eigenvalue weighted by molar-refractivity contribution is 5.58. The Morgan fingerprint density at radius 2 is 2.16 bits per heavy atom. The molecule has 8 heteroatoms. The molecule has 0 aliphatic carbocycles. The van der Waals surface area contributed by atoms with Gasteiger partial charge in [0.15, 0.2) is 0 Å². The fourth-order valence-electron chi connectivity index (χ4n) is 1.87. The Kier molecular flexibility index (Phi) is 4.99. The molecule has 8 nitrogen and oxygen atoms in total. The Bertz CT molecular complexity index is 451. The maximum atomic E-state index is 11.0. The Hall–Kier alpha value is -1.96. The SMILES string of the molecule is CC(C)CC(C)N(C)c1nc(NN)ncc1[N+](=O)[O-]. The zero-order valence-corrected chi connectivity index (χ0v) is 11.6. The Morgan fingerprint density at radius 3 is 2.63 bits per heavy atom. The number of hydrazine groups is 1. The van der Waals surface area contributed by atoms with Crippen molar-refractivity contribution >= 4 is 17.5 Å². The Morgan fingerprint density at radius 1 is 1.53 bits per heavy atom. The lowest BCUT2D eigenvalue weighted by Crippen LogP contribution is -2.31. The molecule has 1 rings (SSSR count). The van der Waals surface area contributed by atoms with Gasteiger partial charge in [-0.15, -0.1) is 0 Å². The maximum Gasteiger partial charge on any atom is 0.329 e. The third-order valence-corrected chi connectivity index (χ3v) is 2.88. The van der Waals surface area contributed by atoms with Crippen LogP contribution in [0.4, 0.5) is 17.5 Å². The van der Waals surface area contributed by atoms with E-state index in [2.05, 4.69) is 29.2 Å². The van der Waals surface area contributed by atoms with Gasteiger partial charge in [-0.2, -0.15) is 4.98 Å². The van der Waals surface area contributed by atoms with Crippen molar-refractivity contribution in [3.8, 4) is 0 Å². The van der Waals surface area contributed by atoms with Crippen LogP contribution in [-0.4, -0.2) is 28.0 Å². The van der Waals surface area contributed by atoms with Gasteiger partial charge in [-0.05, 0) is 19.3 Å². The predicted molar refractivity (Wildman–Crippen MR) is 73.8 cm³/mol. The molecule has 1 aromatic heterocycles. The smallest absolute Gasteiger partial charge is 0.329 e. The van der Waals surface area contributed by atoms with Crippen molar-refractivity contribution in [3.63, 3.8) is 0 Å². The standard InChI is InChI=1S/C11H20N6O2/c1-7(2)5-8(3)16(4)10-9(17(18)19)6-13-11(14-10)15-12/h6-8H,5,12H2,1-4H3,(H,13,14,15). The van der Waals surface area contributed by atoms with Gasteiger partial charge in [0, 0.05) is 13.1 Å². The van der Waals surface area contributed by atoms with E-state index in [9.17, 15) is 10.1 Å². The van der Waals surface area contributed by atoms with Gasteiger partial charge in [-0.3, -0.25) is 15.5 Å². The van der Waals surface area contributed by atoms with Crippen LogP contribution in [0.25, 0.3) is 0 Å². The molecule has 0 saturated carbocycles. The van der Waals surface area contributed by atoms with Crippen LogP contribution in [0.3, 0.4) is 0 Å². The second-order valence-electron chi connectivity index (χ2n) is 4.89. The van der Waals surface area contributed by atoms with Crippen molar-refractivity contribution in [3.05, 3.63) is 16.3 Å². The zero-order valence-electron chi connectivity index (χ0n) is 11.6. The Balaban J connectivity index is 3.11. The summed E-state index contributed by atoms with van der Waals surface area (Å²) in [7, 11) is 1.78. The van der Waals surface area contributed by atoms with Gasteiger partial charge >= 0.3 is 5.69 Å². The van der Waals surface area contributed by atoms with E-state index in [0.29, 0.717) is 5.92 Å². The molecule has 0 amide bonds. The fraction of sp³-hybridized carbons (Fsp3) is 0.636. The number of nitrogen functional groups attached to an aromatic ring is 1. The predicted octanol–water partition coefficient (Wildman–Crippen LogP) is 1.54. The van der Waals surface area contributed by atoms with Gasteiger partial charge < -0.3 is 4.90 Å². The zero-order chi connectivity index (χ0) is 14.6. The number of hydrogen-bond donors (Lipinski definition) is 2. The van der Waals surface area contributed by atoms with Crippen molar-refractivity contribution < 1.29 is 4.92 Å². The van der Waals surface area contributed by atoms with Crippen LogP contribution in [0.5, 0.6) is 0 Å². The summed E-state index contributed by atoms with van der Waals surface area (Å²) in [5, 5.41) is 11.0. The molecule has 0 bridgehead atoms. The highest BCUT2D eigenvalue weighted by Gasteiger charge is 2.24.